The maximum absolute atomic E-state index is 12.1. The summed E-state index contributed by atoms with van der Waals surface area (Å²) in [6, 6.07) is 13.7. The van der Waals surface area contributed by atoms with Crippen LogP contribution in [-0.2, 0) is 11.2 Å². The zero-order chi connectivity index (χ0) is 21.5. The van der Waals surface area contributed by atoms with E-state index >= 15 is 0 Å². The number of anilines is 1. The van der Waals surface area contributed by atoms with E-state index in [2.05, 4.69) is 15.5 Å². The molecule has 9 heteroatoms. The summed E-state index contributed by atoms with van der Waals surface area (Å²) in [4.78, 5) is 13.3. The molecule has 2 aromatic carbocycles. The van der Waals surface area contributed by atoms with Crippen LogP contribution in [0.1, 0.15) is 24.3 Å². The molecular formula is C22H23N3O5S. The number of methoxy groups -OCH3 is 1. The Balaban J connectivity index is 1.20. The van der Waals surface area contributed by atoms with E-state index in [1.54, 1.807) is 18.9 Å². The average Bonchev–Trinajstić information content (AvgIpc) is 3.23. The number of benzene rings is 2. The maximum atomic E-state index is 12.1. The van der Waals surface area contributed by atoms with Crippen molar-refractivity contribution in [2.45, 2.75) is 24.2 Å². The highest BCUT2D eigenvalue weighted by Crippen LogP contribution is 2.31. The van der Waals surface area contributed by atoms with Gasteiger partial charge in [-0.15, -0.1) is 16.9 Å². The number of ether oxygens (including phenoxy) is 3. The summed E-state index contributed by atoms with van der Waals surface area (Å²) in [6.07, 6.45) is 1.56. The molecule has 31 heavy (non-hydrogen) atoms. The van der Waals surface area contributed by atoms with Gasteiger partial charge in [0.15, 0.2) is 11.5 Å². The molecule has 0 radical (unpaired) electrons. The average molecular weight is 442 g/mol. The number of carbonyl (C=O) groups is 1. The van der Waals surface area contributed by atoms with E-state index in [9.17, 15) is 4.79 Å². The minimum Gasteiger partial charge on any atom is -0.497 e. The molecule has 3 aromatic rings. The predicted octanol–water partition coefficient (Wildman–Crippen LogP) is 3.95. The van der Waals surface area contributed by atoms with E-state index < -0.39 is 0 Å². The van der Waals surface area contributed by atoms with E-state index in [4.69, 9.17) is 18.6 Å². The predicted molar refractivity (Wildman–Crippen MR) is 116 cm³/mol. The fourth-order valence-electron chi connectivity index (χ4n) is 3.02. The Hall–Kier alpha value is -3.20. The molecule has 1 aliphatic rings. The van der Waals surface area contributed by atoms with Gasteiger partial charge in [0.1, 0.15) is 19.0 Å². The number of rotatable bonds is 9. The maximum Gasteiger partial charge on any atom is 0.322 e. The van der Waals surface area contributed by atoms with Crippen LogP contribution in [0.5, 0.6) is 17.2 Å². The van der Waals surface area contributed by atoms with Crippen LogP contribution < -0.4 is 19.5 Å². The summed E-state index contributed by atoms with van der Waals surface area (Å²) in [5.41, 5.74) is 0.960. The molecule has 1 aliphatic heterocycles. The lowest BCUT2D eigenvalue weighted by molar-refractivity contribution is -0.116. The van der Waals surface area contributed by atoms with E-state index in [0.29, 0.717) is 37.7 Å². The number of fused-ring (bicyclic) bond motifs is 1. The highest BCUT2D eigenvalue weighted by molar-refractivity contribution is 7.99. The molecule has 0 bridgehead atoms. The SMILES string of the molecule is COc1ccc(SCCCC(=O)Nc2nnc(Cc3ccc4c(c3)OCCO4)o2)cc1. The summed E-state index contributed by atoms with van der Waals surface area (Å²) in [5, 5.41) is 10.6. The van der Waals surface area contributed by atoms with Crippen LogP contribution >= 0.6 is 11.8 Å². The molecule has 162 valence electrons. The molecule has 0 unspecified atom stereocenters. The zero-order valence-electron chi connectivity index (χ0n) is 17.1. The third-order valence-electron chi connectivity index (χ3n) is 4.55. The Morgan fingerprint density at radius 3 is 2.71 bits per heavy atom. The van der Waals surface area contributed by atoms with Gasteiger partial charge in [0.05, 0.1) is 13.5 Å². The molecule has 1 aromatic heterocycles. The molecule has 4 rings (SSSR count). The smallest absolute Gasteiger partial charge is 0.322 e. The summed E-state index contributed by atoms with van der Waals surface area (Å²) >= 11 is 1.70. The first-order valence-corrected chi connectivity index (χ1v) is 11.0. The van der Waals surface area contributed by atoms with Crippen molar-refractivity contribution in [2.75, 3.05) is 31.4 Å². The first kappa shape index (κ1) is 21.0. The van der Waals surface area contributed by atoms with Crippen LogP contribution in [0.4, 0.5) is 6.01 Å². The number of amides is 1. The molecule has 0 aliphatic carbocycles. The van der Waals surface area contributed by atoms with Crippen molar-refractivity contribution in [3.63, 3.8) is 0 Å². The van der Waals surface area contributed by atoms with Crippen LogP contribution in [-0.4, -0.2) is 42.2 Å². The minimum absolute atomic E-state index is 0.111. The van der Waals surface area contributed by atoms with E-state index in [-0.39, 0.29) is 11.9 Å². The van der Waals surface area contributed by atoms with Crippen LogP contribution in [0.25, 0.3) is 0 Å². The molecule has 1 N–H and O–H groups in total. The lowest BCUT2D eigenvalue weighted by atomic mass is 10.1. The quantitative estimate of drug-likeness (QED) is 0.394. The second-order valence-corrected chi connectivity index (χ2v) is 8.00. The van der Waals surface area contributed by atoms with Gasteiger partial charge in [-0.05, 0) is 54.1 Å². The number of hydrogen-bond acceptors (Lipinski definition) is 8. The van der Waals surface area contributed by atoms with Gasteiger partial charge < -0.3 is 18.6 Å². The molecule has 0 saturated carbocycles. The molecule has 0 atom stereocenters. The third kappa shape index (κ3) is 5.91. The fraction of sp³-hybridized carbons (Fsp3) is 0.318. The fourth-order valence-corrected chi connectivity index (χ4v) is 3.88. The molecule has 1 amide bonds. The normalized spacial score (nSPS) is 12.4. The topological polar surface area (TPSA) is 95.7 Å². The number of aromatic nitrogens is 2. The minimum atomic E-state index is -0.148. The van der Waals surface area contributed by atoms with Gasteiger partial charge >= 0.3 is 6.01 Å². The van der Waals surface area contributed by atoms with Crippen LogP contribution in [0.3, 0.4) is 0 Å². The van der Waals surface area contributed by atoms with Crippen molar-refractivity contribution in [1.82, 2.24) is 10.2 Å². The zero-order valence-corrected chi connectivity index (χ0v) is 17.9. The summed E-state index contributed by atoms with van der Waals surface area (Å²) in [7, 11) is 1.64. The van der Waals surface area contributed by atoms with E-state index in [1.165, 1.54) is 0 Å². The Morgan fingerprint density at radius 2 is 1.90 bits per heavy atom. The van der Waals surface area contributed by atoms with E-state index in [1.807, 2.05) is 42.5 Å². The van der Waals surface area contributed by atoms with Gasteiger partial charge in [-0.25, -0.2) is 0 Å². The second-order valence-electron chi connectivity index (χ2n) is 6.83. The lowest BCUT2D eigenvalue weighted by Gasteiger charge is -2.18. The highest BCUT2D eigenvalue weighted by atomic mass is 32.2. The van der Waals surface area contributed by atoms with Gasteiger partial charge in [-0.2, -0.15) is 0 Å². The Kier molecular flexibility index (Phi) is 6.93. The highest BCUT2D eigenvalue weighted by Gasteiger charge is 2.14. The number of hydrogen-bond donors (Lipinski definition) is 1. The van der Waals surface area contributed by atoms with Gasteiger partial charge in [0.25, 0.3) is 0 Å². The number of thioether (sulfide) groups is 1. The molecular weight excluding hydrogens is 418 g/mol. The second kappa shape index (κ2) is 10.2. The van der Waals surface area contributed by atoms with Crippen LogP contribution in [0.2, 0.25) is 0 Å². The third-order valence-corrected chi connectivity index (χ3v) is 5.65. The van der Waals surface area contributed by atoms with Gasteiger partial charge in [0.2, 0.25) is 11.8 Å². The Labute approximate surface area is 184 Å². The number of nitrogens with one attached hydrogen (secondary N) is 1. The van der Waals surface area contributed by atoms with Crippen molar-refractivity contribution in [3.8, 4) is 17.2 Å². The van der Waals surface area contributed by atoms with Crippen LogP contribution in [0, 0.1) is 0 Å². The Morgan fingerprint density at radius 1 is 1.10 bits per heavy atom. The van der Waals surface area contributed by atoms with Crippen molar-refractivity contribution < 1.29 is 23.4 Å². The summed E-state index contributed by atoms with van der Waals surface area (Å²) in [6.45, 7) is 1.09. The summed E-state index contributed by atoms with van der Waals surface area (Å²) < 4.78 is 21.8. The molecule has 0 spiro atoms. The lowest BCUT2D eigenvalue weighted by Crippen LogP contribution is -2.15. The molecule has 2 heterocycles. The van der Waals surface area contributed by atoms with Crippen molar-refractivity contribution in [3.05, 3.63) is 53.9 Å². The molecule has 0 fully saturated rings. The first-order valence-electron chi connectivity index (χ1n) is 9.97. The van der Waals surface area contributed by atoms with Crippen molar-refractivity contribution in [2.24, 2.45) is 0 Å². The van der Waals surface area contributed by atoms with Crippen molar-refractivity contribution >= 4 is 23.7 Å². The Bertz CT molecular complexity index is 1020. The standard InChI is InChI=1S/C22H23N3O5S/c1-27-16-5-7-17(8-6-16)31-12-2-3-20(26)23-22-25-24-21(30-22)14-15-4-9-18-19(13-15)29-11-10-28-18/h4-9,13H,2-3,10-12,14H2,1H3,(H,23,25,26). The first-order chi connectivity index (χ1) is 15.2. The molecule has 8 nitrogen and oxygen atoms in total. The largest absolute Gasteiger partial charge is 0.497 e. The number of carbonyl (C=O) groups excluding carboxylic acids is 1. The van der Waals surface area contributed by atoms with Gasteiger partial charge in [0, 0.05) is 11.3 Å². The summed E-state index contributed by atoms with van der Waals surface area (Å²) in [5.74, 6) is 3.38. The monoisotopic (exact) mass is 441 g/mol. The van der Waals surface area contributed by atoms with Crippen molar-refractivity contribution in [1.29, 1.82) is 0 Å². The van der Waals surface area contributed by atoms with Gasteiger partial charge in [-0.1, -0.05) is 11.2 Å². The van der Waals surface area contributed by atoms with Crippen LogP contribution in [0.15, 0.2) is 51.8 Å². The number of nitrogens with zero attached hydrogens (tertiary/aromatic N) is 2. The molecule has 0 saturated heterocycles. The van der Waals surface area contributed by atoms with Gasteiger partial charge in [-0.3, -0.25) is 10.1 Å². The van der Waals surface area contributed by atoms with E-state index in [0.717, 1.165) is 34.1 Å².